The lowest BCUT2D eigenvalue weighted by Crippen LogP contribution is -2.19. The second kappa shape index (κ2) is 6.08. The molecule has 2 nitrogen and oxygen atoms in total. The Kier molecular flexibility index (Phi) is 4.43. The van der Waals surface area contributed by atoms with E-state index in [-0.39, 0.29) is 5.41 Å². The van der Waals surface area contributed by atoms with Gasteiger partial charge < -0.3 is 5.11 Å². The zero-order valence-corrected chi connectivity index (χ0v) is 12.2. The number of carboxylic acid groups (broad SMARTS) is 1. The molecular weight excluding hydrogens is 248 g/mol. The lowest BCUT2D eigenvalue weighted by Gasteiger charge is -2.31. The number of hydrogen-bond acceptors (Lipinski definition) is 1. The predicted molar refractivity (Wildman–Crippen MR) is 82.4 cm³/mol. The Balaban J connectivity index is 2.37. The molecule has 0 spiro atoms. The van der Waals surface area contributed by atoms with Gasteiger partial charge in [-0.25, -0.2) is 4.79 Å². The number of aliphatic carboxylic acids is 1. The molecule has 0 bridgehead atoms. The largest absolute Gasteiger partial charge is 0.478 e. The minimum atomic E-state index is -0.836. The molecule has 0 saturated carbocycles. The summed E-state index contributed by atoms with van der Waals surface area (Å²) in [6, 6.07) is 9.88. The maximum absolute atomic E-state index is 11.5. The molecule has 1 aromatic carbocycles. The number of rotatable bonds is 5. The number of benzene rings is 1. The first-order chi connectivity index (χ1) is 9.56. The van der Waals surface area contributed by atoms with Crippen molar-refractivity contribution in [3.8, 4) is 0 Å². The topological polar surface area (TPSA) is 37.3 Å². The third kappa shape index (κ3) is 3.19. The molecule has 0 radical (unpaired) electrons. The van der Waals surface area contributed by atoms with Crippen molar-refractivity contribution in [3.05, 3.63) is 53.6 Å². The van der Waals surface area contributed by atoms with E-state index in [1.165, 1.54) is 12.8 Å². The second-order valence-corrected chi connectivity index (χ2v) is 5.83. The summed E-state index contributed by atoms with van der Waals surface area (Å²) in [4.78, 5) is 11.5. The Bertz CT molecular complexity index is 540. The van der Waals surface area contributed by atoms with Crippen molar-refractivity contribution >= 4 is 11.5 Å². The van der Waals surface area contributed by atoms with E-state index in [0.717, 1.165) is 24.0 Å². The molecule has 0 aromatic heterocycles. The van der Waals surface area contributed by atoms with Gasteiger partial charge in [-0.15, -0.1) is 0 Å². The SMILES string of the molecule is CCCCC1(C)C=CC(C(=O)O)=C(c2ccccc2)C1. The first-order valence-corrected chi connectivity index (χ1v) is 7.27. The summed E-state index contributed by atoms with van der Waals surface area (Å²) in [7, 11) is 0. The maximum atomic E-state index is 11.5. The smallest absolute Gasteiger partial charge is 0.335 e. The van der Waals surface area contributed by atoms with Crippen LogP contribution >= 0.6 is 0 Å². The molecule has 0 fully saturated rings. The van der Waals surface area contributed by atoms with Crippen molar-refractivity contribution in [2.45, 2.75) is 39.5 Å². The molecule has 2 heteroatoms. The van der Waals surface area contributed by atoms with Crippen LogP contribution in [-0.2, 0) is 4.79 Å². The molecule has 0 aliphatic heterocycles. The fourth-order valence-corrected chi connectivity index (χ4v) is 2.79. The van der Waals surface area contributed by atoms with Gasteiger partial charge in [0.15, 0.2) is 0 Å². The Morgan fingerprint density at radius 1 is 1.30 bits per heavy atom. The van der Waals surface area contributed by atoms with E-state index in [1.807, 2.05) is 30.3 Å². The number of hydrogen-bond donors (Lipinski definition) is 1. The normalized spacial score (nSPS) is 22.1. The average Bonchev–Trinajstić information content (AvgIpc) is 2.46. The molecule has 1 atom stereocenters. The molecule has 0 amide bonds. The van der Waals surface area contributed by atoms with E-state index in [1.54, 1.807) is 6.08 Å². The van der Waals surface area contributed by atoms with Crippen molar-refractivity contribution < 1.29 is 9.90 Å². The third-order valence-electron chi connectivity index (χ3n) is 4.01. The summed E-state index contributed by atoms with van der Waals surface area (Å²) < 4.78 is 0. The Hall–Kier alpha value is -1.83. The highest BCUT2D eigenvalue weighted by Crippen LogP contribution is 2.42. The molecule has 1 aliphatic carbocycles. The molecule has 1 unspecified atom stereocenters. The van der Waals surface area contributed by atoms with Crippen molar-refractivity contribution in [3.63, 3.8) is 0 Å². The summed E-state index contributed by atoms with van der Waals surface area (Å²) in [5.74, 6) is -0.836. The van der Waals surface area contributed by atoms with Gasteiger partial charge in [0.1, 0.15) is 0 Å². The zero-order chi connectivity index (χ0) is 14.6. The molecule has 1 N–H and O–H groups in total. The van der Waals surface area contributed by atoms with E-state index in [2.05, 4.69) is 19.9 Å². The van der Waals surface area contributed by atoms with Crippen LogP contribution in [0.2, 0.25) is 0 Å². The number of unbranched alkanes of at least 4 members (excludes halogenated alkanes) is 1. The number of carbonyl (C=O) groups is 1. The molecular formula is C18H22O2. The van der Waals surface area contributed by atoms with Crippen molar-refractivity contribution in [2.75, 3.05) is 0 Å². The van der Waals surface area contributed by atoms with Gasteiger partial charge in [0.05, 0.1) is 5.57 Å². The zero-order valence-electron chi connectivity index (χ0n) is 12.2. The molecule has 106 valence electrons. The third-order valence-corrected chi connectivity index (χ3v) is 4.01. The van der Waals surface area contributed by atoms with Gasteiger partial charge in [-0.2, -0.15) is 0 Å². The van der Waals surface area contributed by atoms with E-state index < -0.39 is 5.97 Å². The van der Waals surface area contributed by atoms with Gasteiger partial charge >= 0.3 is 5.97 Å². The Morgan fingerprint density at radius 3 is 2.60 bits per heavy atom. The first kappa shape index (κ1) is 14.6. The maximum Gasteiger partial charge on any atom is 0.335 e. The Morgan fingerprint density at radius 2 is 2.00 bits per heavy atom. The Labute approximate surface area is 120 Å². The van der Waals surface area contributed by atoms with E-state index in [4.69, 9.17) is 0 Å². The van der Waals surface area contributed by atoms with Crippen LogP contribution in [0.1, 0.15) is 45.1 Å². The highest BCUT2D eigenvalue weighted by molar-refractivity contribution is 6.00. The van der Waals surface area contributed by atoms with Crippen LogP contribution in [0.25, 0.3) is 5.57 Å². The molecule has 0 saturated heterocycles. The van der Waals surface area contributed by atoms with Crippen LogP contribution in [0, 0.1) is 5.41 Å². The number of carboxylic acids is 1. The quantitative estimate of drug-likeness (QED) is 0.843. The molecule has 0 heterocycles. The minimum Gasteiger partial charge on any atom is -0.478 e. The van der Waals surface area contributed by atoms with Gasteiger partial charge in [-0.05, 0) is 29.4 Å². The highest BCUT2D eigenvalue weighted by Gasteiger charge is 2.29. The lowest BCUT2D eigenvalue weighted by atomic mass is 9.73. The molecule has 20 heavy (non-hydrogen) atoms. The summed E-state index contributed by atoms with van der Waals surface area (Å²) in [6.07, 6.45) is 8.12. The first-order valence-electron chi connectivity index (χ1n) is 7.27. The summed E-state index contributed by atoms with van der Waals surface area (Å²) in [5, 5.41) is 9.41. The monoisotopic (exact) mass is 270 g/mol. The standard InChI is InChI=1S/C18H22O2/c1-3-4-11-18(2)12-10-15(17(19)20)16(13-18)14-8-6-5-7-9-14/h5-10,12H,3-4,11,13H2,1-2H3,(H,19,20). The van der Waals surface area contributed by atoms with E-state index in [9.17, 15) is 9.90 Å². The van der Waals surface area contributed by atoms with Crippen LogP contribution in [0.15, 0.2) is 48.1 Å². The van der Waals surface area contributed by atoms with Gasteiger partial charge in [0, 0.05) is 0 Å². The van der Waals surface area contributed by atoms with Crippen LogP contribution in [0.5, 0.6) is 0 Å². The van der Waals surface area contributed by atoms with Crippen molar-refractivity contribution in [1.29, 1.82) is 0 Å². The van der Waals surface area contributed by atoms with Crippen LogP contribution in [-0.4, -0.2) is 11.1 Å². The van der Waals surface area contributed by atoms with E-state index >= 15 is 0 Å². The summed E-state index contributed by atoms with van der Waals surface area (Å²) >= 11 is 0. The van der Waals surface area contributed by atoms with Gasteiger partial charge in [-0.3, -0.25) is 0 Å². The molecule has 2 rings (SSSR count). The number of allylic oxidation sites excluding steroid dienone is 2. The van der Waals surface area contributed by atoms with Crippen molar-refractivity contribution in [2.24, 2.45) is 5.41 Å². The van der Waals surface area contributed by atoms with Gasteiger partial charge in [0.25, 0.3) is 0 Å². The van der Waals surface area contributed by atoms with Crippen LogP contribution < -0.4 is 0 Å². The summed E-state index contributed by atoms with van der Waals surface area (Å²) in [6.45, 7) is 4.41. The lowest BCUT2D eigenvalue weighted by molar-refractivity contribution is -0.132. The van der Waals surface area contributed by atoms with Gasteiger partial charge in [0.2, 0.25) is 0 Å². The predicted octanol–water partition coefficient (Wildman–Crippen LogP) is 4.68. The summed E-state index contributed by atoms with van der Waals surface area (Å²) in [5.41, 5.74) is 2.49. The van der Waals surface area contributed by atoms with Crippen LogP contribution in [0.4, 0.5) is 0 Å². The highest BCUT2D eigenvalue weighted by atomic mass is 16.4. The molecule has 1 aliphatic rings. The average molecular weight is 270 g/mol. The van der Waals surface area contributed by atoms with Crippen LogP contribution in [0.3, 0.4) is 0 Å². The molecule has 1 aromatic rings. The van der Waals surface area contributed by atoms with E-state index in [0.29, 0.717) is 5.57 Å². The minimum absolute atomic E-state index is 0.0696. The van der Waals surface area contributed by atoms with Gasteiger partial charge in [-0.1, -0.05) is 69.2 Å². The van der Waals surface area contributed by atoms with Crippen molar-refractivity contribution in [1.82, 2.24) is 0 Å². The fourth-order valence-electron chi connectivity index (χ4n) is 2.79. The second-order valence-electron chi connectivity index (χ2n) is 5.83. The fraction of sp³-hybridized carbons (Fsp3) is 0.389.